The zero-order valence-corrected chi connectivity index (χ0v) is 15.3. The molecule has 2 amide bonds. The van der Waals surface area contributed by atoms with Gasteiger partial charge in [-0.25, -0.2) is 0 Å². The molecule has 2 heterocycles. The van der Waals surface area contributed by atoms with Crippen LogP contribution in [-0.4, -0.2) is 58.9 Å². The van der Waals surface area contributed by atoms with E-state index in [1.807, 2.05) is 18.7 Å². The molecular formula is C15H28ClN3O2S. The maximum Gasteiger partial charge on any atom is 0.246 e. The van der Waals surface area contributed by atoms with Crippen LogP contribution in [-0.2, 0) is 9.59 Å². The van der Waals surface area contributed by atoms with Crippen molar-refractivity contribution in [2.24, 2.45) is 17.1 Å². The van der Waals surface area contributed by atoms with Crippen LogP contribution in [0.1, 0.15) is 33.6 Å². The van der Waals surface area contributed by atoms with Gasteiger partial charge in [0, 0.05) is 24.8 Å². The summed E-state index contributed by atoms with van der Waals surface area (Å²) < 4.78 is 0. The van der Waals surface area contributed by atoms with Gasteiger partial charge in [0.15, 0.2) is 0 Å². The lowest BCUT2D eigenvalue weighted by atomic mass is 9.90. The Bertz CT molecular complexity index is 424. The molecule has 128 valence electrons. The normalized spacial score (nSPS) is 29.4. The summed E-state index contributed by atoms with van der Waals surface area (Å²) in [5.41, 5.74) is 5.85. The fraction of sp³-hybridized carbons (Fsp3) is 0.867. The van der Waals surface area contributed by atoms with Crippen molar-refractivity contribution in [3.05, 3.63) is 0 Å². The molecule has 2 rings (SSSR count). The van der Waals surface area contributed by atoms with Gasteiger partial charge >= 0.3 is 0 Å². The maximum atomic E-state index is 12.8. The topological polar surface area (TPSA) is 66.6 Å². The van der Waals surface area contributed by atoms with Gasteiger partial charge in [-0.1, -0.05) is 20.8 Å². The molecule has 2 saturated heterocycles. The van der Waals surface area contributed by atoms with E-state index < -0.39 is 0 Å². The molecule has 0 aromatic carbocycles. The zero-order valence-electron chi connectivity index (χ0n) is 13.7. The molecule has 0 saturated carbocycles. The molecule has 7 heteroatoms. The standard InChI is InChI=1S/C15H27N3O2S.ClH/c1-4-11(2)13(19)18-10-21-7-12(18)14(20)17-6-5-15(3,8-16)9-17;/h11-12H,4-10,16H2,1-3H3;1H. The van der Waals surface area contributed by atoms with Gasteiger partial charge in [0.1, 0.15) is 6.04 Å². The summed E-state index contributed by atoms with van der Waals surface area (Å²) in [4.78, 5) is 28.8. The third kappa shape index (κ3) is 3.89. The molecule has 2 N–H and O–H groups in total. The molecule has 0 aromatic heterocycles. The first kappa shape index (κ1) is 19.6. The highest BCUT2D eigenvalue weighted by molar-refractivity contribution is 7.99. The second-order valence-electron chi connectivity index (χ2n) is 6.66. The SMILES string of the molecule is CCC(C)C(=O)N1CSCC1C(=O)N1CCC(C)(CN)C1.Cl. The third-order valence-corrected chi connectivity index (χ3v) is 5.86. The first-order valence-electron chi connectivity index (χ1n) is 7.79. The van der Waals surface area contributed by atoms with Crippen LogP contribution < -0.4 is 5.73 Å². The molecule has 3 atom stereocenters. The Hall–Kier alpha value is -0.460. The minimum Gasteiger partial charge on any atom is -0.340 e. The van der Waals surface area contributed by atoms with E-state index in [0.29, 0.717) is 12.4 Å². The second-order valence-corrected chi connectivity index (χ2v) is 7.66. The fourth-order valence-electron chi connectivity index (χ4n) is 2.91. The summed E-state index contributed by atoms with van der Waals surface area (Å²) in [6, 6.07) is -0.281. The fourth-order valence-corrected chi connectivity index (χ4v) is 4.07. The van der Waals surface area contributed by atoms with Crippen molar-refractivity contribution >= 4 is 36.0 Å². The van der Waals surface area contributed by atoms with Crippen molar-refractivity contribution in [3.63, 3.8) is 0 Å². The van der Waals surface area contributed by atoms with E-state index >= 15 is 0 Å². The van der Waals surface area contributed by atoms with Crippen molar-refractivity contribution < 1.29 is 9.59 Å². The van der Waals surface area contributed by atoms with Crippen LogP contribution in [0.4, 0.5) is 0 Å². The Kier molecular flexibility index (Phi) is 7.02. The molecule has 3 unspecified atom stereocenters. The number of hydrogen-bond acceptors (Lipinski definition) is 4. The summed E-state index contributed by atoms with van der Waals surface area (Å²) in [5, 5.41) is 0. The number of rotatable bonds is 4. The van der Waals surface area contributed by atoms with E-state index in [9.17, 15) is 9.59 Å². The Labute approximate surface area is 143 Å². The zero-order chi connectivity index (χ0) is 15.6. The van der Waals surface area contributed by atoms with E-state index in [4.69, 9.17) is 5.73 Å². The van der Waals surface area contributed by atoms with Crippen LogP contribution in [0.3, 0.4) is 0 Å². The van der Waals surface area contributed by atoms with Crippen molar-refractivity contribution in [1.29, 1.82) is 0 Å². The predicted molar refractivity (Wildman–Crippen MR) is 93.0 cm³/mol. The molecule has 0 radical (unpaired) electrons. The largest absolute Gasteiger partial charge is 0.340 e. The van der Waals surface area contributed by atoms with E-state index in [1.54, 1.807) is 16.7 Å². The smallest absolute Gasteiger partial charge is 0.246 e. The maximum absolute atomic E-state index is 12.8. The lowest BCUT2D eigenvalue weighted by Crippen LogP contribution is -2.50. The summed E-state index contributed by atoms with van der Waals surface area (Å²) in [7, 11) is 0. The van der Waals surface area contributed by atoms with Gasteiger partial charge in [0.05, 0.1) is 5.88 Å². The first-order valence-corrected chi connectivity index (χ1v) is 8.94. The van der Waals surface area contributed by atoms with Gasteiger partial charge < -0.3 is 15.5 Å². The molecular weight excluding hydrogens is 322 g/mol. The Morgan fingerprint density at radius 1 is 1.45 bits per heavy atom. The quantitative estimate of drug-likeness (QED) is 0.836. The van der Waals surface area contributed by atoms with Gasteiger partial charge in [-0.15, -0.1) is 24.2 Å². The highest BCUT2D eigenvalue weighted by Gasteiger charge is 2.42. The number of carbonyl (C=O) groups is 2. The van der Waals surface area contributed by atoms with Crippen LogP contribution in [0, 0.1) is 11.3 Å². The summed E-state index contributed by atoms with van der Waals surface area (Å²) in [5.74, 6) is 1.57. The number of amides is 2. The van der Waals surface area contributed by atoms with Crippen molar-refractivity contribution in [2.45, 2.75) is 39.7 Å². The van der Waals surface area contributed by atoms with Crippen molar-refractivity contribution in [2.75, 3.05) is 31.3 Å². The monoisotopic (exact) mass is 349 g/mol. The predicted octanol–water partition coefficient (Wildman–Crippen LogP) is 1.55. The Morgan fingerprint density at radius 2 is 2.14 bits per heavy atom. The lowest BCUT2D eigenvalue weighted by molar-refractivity contribution is -0.145. The second kappa shape index (κ2) is 7.88. The molecule has 2 aliphatic rings. The Morgan fingerprint density at radius 3 is 2.68 bits per heavy atom. The van der Waals surface area contributed by atoms with E-state index in [-0.39, 0.29) is 41.6 Å². The van der Waals surface area contributed by atoms with Gasteiger partial charge in [-0.2, -0.15) is 0 Å². The van der Waals surface area contributed by atoms with Crippen LogP contribution >= 0.6 is 24.2 Å². The number of carbonyl (C=O) groups excluding carboxylic acids is 2. The minimum absolute atomic E-state index is 0. The number of likely N-dealkylation sites (tertiary alicyclic amines) is 1. The van der Waals surface area contributed by atoms with Gasteiger partial charge in [-0.3, -0.25) is 9.59 Å². The molecule has 0 spiro atoms. The number of nitrogens with two attached hydrogens (primary N) is 1. The van der Waals surface area contributed by atoms with E-state index in [0.717, 1.165) is 31.7 Å². The van der Waals surface area contributed by atoms with E-state index in [1.165, 1.54) is 0 Å². The van der Waals surface area contributed by atoms with Crippen LogP contribution in [0.15, 0.2) is 0 Å². The van der Waals surface area contributed by atoms with E-state index in [2.05, 4.69) is 6.92 Å². The lowest BCUT2D eigenvalue weighted by Gasteiger charge is -2.30. The molecule has 0 bridgehead atoms. The van der Waals surface area contributed by atoms with Gasteiger partial charge in [-0.05, 0) is 24.8 Å². The summed E-state index contributed by atoms with van der Waals surface area (Å²) >= 11 is 1.67. The van der Waals surface area contributed by atoms with Crippen LogP contribution in [0.2, 0.25) is 0 Å². The molecule has 0 aromatic rings. The number of halogens is 1. The molecule has 5 nitrogen and oxygen atoms in total. The van der Waals surface area contributed by atoms with Gasteiger partial charge in [0.2, 0.25) is 11.8 Å². The highest BCUT2D eigenvalue weighted by atomic mass is 35.5. The molecule has 2 aliphatic heterocycles. The molecule has 22 heavy (non-hydrogen) atoms. The summed E-state index contributed by atoms with van der Waals surface area (Å²) in [6.45, 7) is 8.16. The van der Waals surface area contributed by atoms with Crippen LogP contribution in [0.25, 0.3) is 0 Å². The average molecular weight is 350 g/mol. The molecule has 0 aliphatic carbocycles. The number of thioether (sulfide) groups is 1. The average Bonchev–Trinajstić information content (AvgIpc) is 3.12. The first-order chi connectivity index (χ1) is 9.91. The third-order valence-electron chi connectivity index (χ3n) is 4.85. The van der Waals surface area contributed by atoms with Crippen molar-refractivity contribution in [3.8, 4) is 0 Å². The molecule has 2 fully saturated rings. The minimum atomic E-state index is -0.281. The number of hydrogen-bond donors (Lipinski definition) is 1. The Balaban J connectivity index is 0.00000242. The highest BCUT2D eigenvalue weighted by Crippen LogP contribution is 2.31. The van der Waals surface area contributed by atoms with Gasteiger partial charge in [0.25, 0.3) is 0 Å². The van der Waals surface area contributed by atoms with Crippen LogP contribution in [0.5, 0.6) is 0 Å². The number of nitrogens with zero attached hydrogens (tertiary/aromatic N) is 2. The van der Waals surface area contributed by atoms with Crippen molar-refractivity contribution in [1.82, 2.24) is 9.80 Å². The summed E-state index contributed by atoms with van der Waals surface area (Å²) in [6.07, 6.45) is 1.77.